The van der Waals surface area contributed by atoms with Gasteiger partial charge in [0.25, 0.3) is 0 Å². The van der Waals surface area contributed by atoms with Gasteiger partial charge in [-0.15, -0.1) is 0 Å². The van der Waals surface area contributed by atoms with Crippen molar-refractivity contribution in [2.45, 2.75) is 0 Å². The molecule has 13 heavy (non-hydrogen) atoms. The molecule has 4 nitrogen and oxygen atoms in total. The van der Waals surface area contributed by atoms with Crippen LogP contribution in [0.15, 0.2) is 18.6 Å². The van der Waals surface area contributed by atoms with Crippen molar-refractivity contribution < 1.29 is 17.1 Å². The van der Waals surface area contributed by atoms with E-state index in [-0.39, 0.29) is 24.5 Å². The molecule has 0 saturated carbocycles. The van der Waals surface area contributed by atoms with Gasteiger partial charge < -0.3 is 22.7 Å². The third kappa shape index (κ3) is 1.99. The number of nitrogens with zero attached hydrogens (tertiary/aromatic N) is 3. The molecule has 0 spiro atoms. The Morgan fingerprint density at radius 3 is 2.85 bits per heavy atom. The van der Waals surface area contributed by atoms with Crippen LogP contribution in [0.1, 0.15) is 0 Å². The number of nitrogens with one attached hydrogen (secondary N) is 1. The molecular weight excluding hydrogens is 207 g/mol. The van der Waals surface area contributed by atoms with Crippen LogP contribution in [0.3, 0.4) is 0 Å². The molecule has 0 atom stereocenters. The van der Waals surface area contributed by atoms with Crippen LogP contribution in [-0.4, -0.2) is 17.0 Å². The Morgan fingerprint density at radius 1 is 1.38 bits per heavy atom. The molecule has 0 unspecified atom stereocenters. The zero-order chi connectivity index (χ0) is 7.68. The van der Waals surface area contributed by atoms with Crippen molar-refractivity contribution >= 4 is 16.9 Å². The standard InChI is InChI=1S/C7H7N4.CH3.Mn/c1-8-6-5-2-3-9-7(5)11-4-10-6;;/h2-4H,1H3,(H-,8,9,10,11);1H3;/q2*-1;+2. The molecule has 0 fully saturated rings. The first-order valence-electron chi connectivity index (χ1n) is 3.32. The number of aromatic nitrogens is 3. The van der Waals surface area contributed by atoms with Crippen LogP contribution in [0, 0.1) is 7.43 Å². The van der Waals surface area contributed by atoms with E-state index >= 15 is 0 Å². The summed E-state index contributed by atoms with van der Waals surface area (Å²) in [5.74, 6) is 0.826. The Balaban J connectivity index is 0.000000720. The van der Waals surface area contributed by atoms with Gasteiger partial charge in [-0.25, -0.2) is 4.98 Å². The molecule has 0 bridgehead atoms. The number of fused-ring (bicyclic) bond motifs is 1. The number of rotatable bonds is 1. The van der Waals surface area contributed by atoms with Crippen LogP contribution >= 0.6 is 0 Å². The smallest absolute Gasteiger partial charge is 0.442 e. The van der Waals surface area contributed by atoms with Crippen LogP contribution in [0.4, 0.5) is 5.82 Å². The summed E-state index contributed by atoms with van der Waals surface area (Å²) in [4.78, 5) is 12.1. The molecule has 1 radical (unpaired) electrons. The zero-order valence-corrected chi connectivity index (χ0v) is 8.63. The second-order valence-corrected chi connectivity index (χ2v) is 2.15. The zero-order valence-electron chi connectivity index (χ0n) is 7.45. The molecular formula is C8H10MnN4. The fourth-order valence-electron chi connectivity index (χ4n) is 1.02. The summed E-state index contributed by atoms with van der Waals surface area (Å²) < 4.78 is 0. The van der Waals surface area contributed by atoms with Gasteiger partial charge in [0.1, 0.15) is 5.82 Å². The number of hydrogen-bond acceptors (Lipinski definition) is 3. The van der Waals surface area contributed by atoms with E-state index in [0.29, 0.717) is 0 Å². The topological polar surface area (TPSA) is 51.9 Å². The molecule has 69 valence electrons. The summed E-state index contributed by atoms with van der Waals surface area (Å²) in [5.41, 5.74) is 0.740. The van der Waals surface area contributed by atoms with Gasteiger partial charge in [0.2, 0.25) is 0 Å². The van der Waals surface area contributed by atoms with E-state index in [0.717, 1.165) is 16.9 Å². The maximum atomic E-state index is 4.04. The van der Waals surface area contributed by atoms with Gasteiger partial charge in [0.05, 0.1) is 0 Å². The first-order valence-corrected chi connectivity index (χ1v) is 3.32. The van der Waals surface area contributed by atoms with Gasteiger partial charge in [0, 0.05) is 18.8 Å². The van der Waals surface area contributed by atoms with Crippen molar-refractivity contribution in [1.82, 2.24) is 15.0 Å². The summed E-state index contributed by atoms with van der Waals surface area (Å²) in [7, 11) is 1.83. The SMILES string of the molecule is CNc1ncnc2[n-]ccc12.[CH3-].[Mn+2]. The molecule has 0 amide bonds. The maximum Gasteiger partial charge on any atom is 2.00 e. The quantitative estimate of drug-likeness (QED) is 0.573. The fraction of sp³-hybridized carbons (Fsp3) is 0.125. The minimum Gasteiger partial charge on any atom is -0.442 e. The molecule has 0 aliphatic rings. The van der Waals surface area contributed by atoms with E-state index in [2.05, 4.69) is 20.3 Å². The van der Waals surface area contributed by atoms with E-state index in [1.165, 1.54) is 6.33 Å². The van der Waals surface area contributed by atoms with Crippen LogP contribution in [-0.2, 0) is 17.1 Å². The molecule has 2 aromatic rings. The van der Waals surface area contributed by atoms with Crippen molar-refractivity contribution in [1.29, 1.82) is 0 Å². The largest absolute Gasteiger partial charge is 2.00 e. The van der Waals surface area contributed by atoms with Gasteiger partial charge in [0.15, 0.2) is 0 Å². The minimum absolute atomic E-state index is 0. The summed E-state index contributed by atoms with van der Waals surface area (Å²) in [6, 6.07) is 1.89. The van der Waals surface area contributed by atoms with Gasteiger partial charge in [-0.2, -0.15) is 0 Å². The van der Waals surface area contributed by atoms with Gasteiger partial charge in [-0.05, 0) is 5.65 Å². The molecule has 0 saturated heterocycles. The van der Waals surface area contributed by atoms with Crippen LogP contribution in [0.25, 0.3) is 11.0 Å². The molecule has 5 heteroatoms. The van der Waals surface area contributed by atoms with E-state index in [4.69, 9.17) is 0 Å². The monoisotopic (exact) mass is 217 g/mol. The Labute approximate surface area is 87.6 Å². The van der Waals surface area contributed by atoms with E-state index < -0.39 is 0 Å². The van der Waals surface area contributed by atoms with Crippen LogP contribution in [0.2, 0.25) is 0 Å². The van der Waals surface area contributed by atoms with Crippen molar-refractivity contribution in [3.05, 3.63) is 26.0 Å². The summed E-state index contributed by atoms with van der Waals surface area (Å²) in [6.45, 7) is 0. The maximum absolute atomic E-state index is 4.04. The van der Waals surface area contributed by atoms with Crippen LogP contribution < -0.4 is 10.3 Å². The second-order valence-electron chi connectivity index (χ2n) is 2.15. The first kappa shape index (κ1) is 11.9. The average molecular weight is 217 g/mol. The van der Waals surface area contributed by atoms with E-state index in [1.807, 2.05) is 13.1 Å². The Morgan fingerprint density at radius 2 is 2.15 bits per heavy atom. The van der Waals surface area contributed by atoms with E-state index in [9.17, 15) is 0 Å². The minimum atomic E-state index is 0. The first-order chi connectivity index (χ1) is 5.42. The summed E-state index contributed by atoms with van der Waals surface area (Å²) in [6.07, 6.45) is 3.22. The molecule has 2 aromatic heterocycles. The van der Waals surface area contributed by atoms with Gasteiger partial charge in [-0.1, -0.05) is 12.3 Å². The van der Waals surface area contributed by atoms with E-state index in [1.54, 1.807) is 6.20 Å². The van der Waals surface area contributed by atoms with Crippen molar-refractivity contribution in [2.24, 2.45) is 0 Å². The van der Waals surface area contributed by atoms with Crippen molar-refractivity contribution in [2.75, 3.05) is 12.4 Å². The molecule has 0 aliphatic carbocycles. The Kier molecular flexibility index (Phi) is 4.45. The molecule has 0 aromatic carbocycles. The Bertz CT molecular complexity index is 371. The van der Waals surface area contributed by atoms with Crippen molar-refractivity contribution in [3.8, 4) is 0 Å². The second kappa shape index (κ2) is 4.84. The fourth-order valence-corrected chi connectivity index (χ4v) is 1.02. The predicted molar refractivity (Wildman–Crippen MR) is 48.8 cm³/mol. The van der Waals surface area contributed by atoms with Gasteiger partial charge >= 0.3 is 17.1 Å². The van der Waals surface area contributed by atoms with Crippen LogP contribution in [0.5, 0.6) is 0 Å². The summed E-state index contributed by atoms with van der Waals surface area (Å²) in [5, 5.41) is 3.93. The Hall–Kier alpha value is -1.06. The molecule has 0 aliphatic heterocycles. The molecule has 1 N–H and O–H groups in total. The molecule has 2 rings (SSSR count). The van der Waals surface area contributed by atoms with Crippen molar-refractivity contribution in [3.63, 3.8) is 0 Å². The predicted octanol–water partition coefficient (Wildman–Crippen LogP) is 1.08. The number of anilines is 1. The summed E-state index contributed by atoms with van der Waals surface area (Å²) >= 11 is 0. The molecule has 2 heterocycles. The number of hydrogen-bond donors (Lipinski definition) is 1. The van der Waals surface area contributed by atoms with Gasteiger partial charge in [-0.3, -0.25) is 0 Å². The normalized spacial score (nSPS) is 8.69. The third-order valence-corrected chi connectivity index (χ3v) is 1.54. The third-order valence-electron chi connectivity index (χ3n) is 1.54. The average Bonchev–Trinajstić information content (AvgIpc) is 2.50.